The zero-order chi connectivity index (χ0) is 10.0. The maximum atomic E-state index is 12.7. The molecule has 0 N–H and O–H groups in total. The third-order valence-corrected chi connectivity index (χ3v) is 1.39. The second-order valence-electron chi connectivity index (χ2n) is 2.29. The zero-order valence-electron chi connectivity index (χ0n) is 6.23. The summed E-state index contributed by atoms with van der Waals surface area (Å²) >= 11 is 0. The zero-order valence-corrected chi connectivity index (χ0v) is 6.23. The van der Waals surface area contributed by atoms with Gasteiger partial charge in [0, 0.05) is 6.07 Å². The minimum atomic E-state index is -3.28. The first-order valence-electron chi connectivity index (χ1n) is 3.30. The molecule has 0 aliphatic rings. The molecule has 0 bridgehead atoms. The van der Waals surface area contributed by atoms with Crippen LogP contribution in [-0.4, -0.2) is 12.2 Å². The first-order chi connectivity index (χ1) is 6.02. The van der Waals surface area contributed by atoms with E-state index in [0.29, 0.717) is 12.1 Å². The average Bonchev–Trinajstić information content (AvgIpc) is 2.03. The maximum absolute atomic E-state index is 12.7. The van der Waals surface area contributed by atoms with Crippen LogP contribution < -0.4 is 0 Å². The van der Waals surface area contributed by atoms with Gasteiger partial charge in [-0.1, -0.05) is 0 Å². The Balaban J connectivity index is 3.09. The van der Waals surface area contributed by atoms with Crippen molar-refractivity contribution in [1.29, 1.82) is 0 Å². The molecule has 0 radical (unpaired) electrons. The second kappa shape index (κ2) is 3.55. The van der Waals surface area contributed by atoms with E-state index < -0.39 is 29.4 Å². The van der Waals surface area contributed by atoms with Crippen LogP contribution in [0.5, 0.6) is 0 Å². The van der Waals surface area contributed by atoms with Crippen molar-refractivity contribution in [3.05, 3.63) is 35.4 Å². The summed E-state index contributed by atoms with van der Waals surface area (Å²) in [6.45, 7) is 0. The summed E-state index contributed by atoms with van der Waals surface area (Å²) in [7, 11) is 0. The highest BCUT2D eigenvalue weighted by molar-refractivity contribution is 5.98. The van der Waals surface area contributed by atoms with Crippen LogP contribution in [0.4, 0.5) is 17.6 Å². The van der Waals surface area contributed by atoms with Crippen molar-refractivity contribution in [3.8, 4) is 0 Å². The fourth-order valence-corrected chi connectivity index (χ4v) is 0.807. The number of hydrogen-bond acceptors (Lipinski definition) is 1. The molecule has 0 aromatic heterocycles. The first-order valence-corrected chi connectivity index (χ1v) is 3.30. The molecule has 5 heteroatoms. The normalized spacial score (nSPS) is 10.5. The SMILES string of the molecule is O=C(c1ccc(F)cc1F)C(F)F. The molecule has 0 aliphatic heterocycles. The van der Waals surface area contributed by atoms with Crippen molar-refractivity contribution < 1.29 is 22.4 Å². The molecule has 13 heavy (non-hydrogen) atoms. The van der Waals surface area contributed by atoms with Crippen LogP contribution in [0, 0.1) is 11.6 Å². The van der Waals surface area contributed by atoms with Crippen molar-refractivity contribution in [2.24, 2.45) is 0 Å². The van der Waals surface area contributed by atoms with Crippen LogP contribution in [0.15, 0.2) is 18.2 Å². The third kappa shape index (κ3) is 2.05. The molecule has 0 spiro atoms. The molecule has 0 unspecified atom stereocenters. The minimum Gasteiger partial charge on any atom is -0.288 e. The molecular formula is C8H4F4O. The van der Waals surface area contributed by atoms with E-state index >= 15 is 0 Å². The largest absolute Gasteiger partial charge is 0.300 e. The Bertz CT molecular complexity index is 335. The van der Waals surface area contributed by atoms with Gasteiger partial charge in [-0.25, -0.2) is 17.6 Å². The number of halogens is 4. The third-order valence-electron chi connectivity index (χ3n) is 1.39. The average molecular weight is 192 g/mol. The molecular weight excluding hydrogens is 188 g/mol. The van der Waals surface area contributed by atoms with Gasteiger partial charge >= 0.3 is 6.43 Å². The molecule has 0 amide bonds. The van der Waals surface area contributed by atoms with Crippen molar-refractivity contribution in [1.82, 2.24) is 0 Å². The summed E-state index contributed by atoms with van der Waals surface area (Å²) < 4.78 is 48.5. The molecule has 1 aromatic rings. The molecule has 0 atom stereocenters. The lowest BCUT2D eigenvalue weighted by atomic mass is 10.1. The van der Waals surface area contributed by atoms with Crippen molar-refractivity contribution in [2.45, 2.75) is 6.43 Å². The summed E-state index contributed by atoms with van der Waals surface area (Å²) in [6, 6.07) is 1.83. The summed E-state index contributed by atoms with van der Waals surface area (Å²) in [6.07, 6.45) is -3.28. The van der Waals surface area contributed by atoms with E-state index in [1.165, 1.54) is 0 Å². The molecule has 0 saturated carbocycles. The molecule has 1 rings (SSSR count). The van der Waals surface area contributed by atoms with E-state index in [1.807, 2.05) is 0 Å². The summed E-state index contributed by atoms with van der Waals surface area (Å²) in [5.41, 5.74) is -0.795. The molecule has 1 nitrogen and oxygen atoms in total. The van der Waals surface area contributed by atoms with E-state index in [2.05, 4.69) is 0 Å². The van der Waals surface area contributed by atoms with Crippen LogP contribution in [0.3, 0.4) is 0 Å². The molecule has 0 heterocycles. The van der Waals surface area contributed by atoms with Gasteiger partial charge in [-0.05, 0) is 12.1 Å². The predicted molar refractivity (Wildman–Crippen MR) is 36.7 cm³/mol. The standard InChI is InChI=1S/C8H4F4O/c9-4-1-2-5(6(10)3-4)7(13)8(11)12/h1-3,8H. The summed E-state index contributed by atoms with van der Waals surface area (Å²) in [5.74, 6) is -3.83. The topological polar surface area (TPSA) is 17.1 Å². The first kappa shape index (κ1) is 9.70. The van der Waals surface area contributed by atoms with Gasteiger partial charge in [-0.3, -0.25) is 4.79 Å². The van der Waals surface area contributed by atoms with Crippen molar-refractivity contribution in [2.75, 3.05) is 0 Å². The highest BCUT2D eigenvalue weighted by Gasteiger charge is 2.21. The number of ketones is 1. The highest BCUT2D eigenvalue weighted by Crippen LogP contribution is 2.13. The second-order valence-corrected chi connectivity index (χ2v) is 2.29. The highest BCUT2D eigenvalue weighted by atomic mass is 19.3. The van der Waals surface area contributed by atoms with Gasteiger partial charge in [0.15, 0.2) is 0 Å². The lowest BCUT2D eigenvalue weighted by Crippen LogP contribution is -2.12. The van der Waals surface area contributed by atoms with Gasteiger partial charge in [0.05, 0.1) is 5.56 Å². The lowest BCUT2D eigenvalue weighted by Gasteiger charge is -2.00. The Kier molecular flexibility index (Phi) is 2.65. The number of hydrogen-bond donors (Lipinski definition) is 0. The number of benzene rings is 1. The van der Waals surface area contributed by atoms with E-state index in [9.17, 15) is 22.4 Å². The van der Waals surface area contributed by atoms with Gasteiger partial charge in [0.25, 0.3) is 0 Å². The van der Waals surface area contributed by atoms with Gasteiger partial charge in [-0.2, -0.15) is 0 Å². The Morgan fingerprint density at radius 1 is 1.23 bits per heavy atom. The van der Waals surface area contributed by atoms with E-state index in [4.69, 9.17) is 0 Å². The summed E-state index contributed by atoms with van der Waals surface area (Å²) in [5, 5.41) is 0. The molecule has 0 aliphatic carbocycles. The van der Waals surface area contributed by atoms with Crippen molar-refractivity contribution in [3.63, 3.8) is 0 Å². The van der Waals surface area contributed by atoms with Gasteiger partial charge in [-0.15, -0.1) is 0 Å². The van der Waals surface area contributed by atoms with Crippen LogP contribution >= 0.6 is 0 Å². The van der Waals surface area contributed by atoms with Crippen LogP contribution in [-0.2, 0) is 0 Å². The van der Waals surface area contributed by atoms with Gasteiger partial charge in [0.2, 0.25) is 5.78 Å². The van der Waals surface area contributed by atoms with Crippen molar-refractivity contribution >= 4 is 5.78 Å². The quantitative estimate of drug-likeness (QED) is 0.519. The Morgan fingerprint density at radius 2 is 1.85 bits per heavy atom. The minimum absolute atomic E-state index is 0.385. The van der Waals surface area contributed by atoms with E-state index in [1.54, 1.807) is 0 Å². The number of carbonyl (C=O) groups excluding carboxylic acids is 1. The van der Waals surface area contributed by atoms with Crippen LogP contribution in [0.2, 0.25) is 0 Å². The van der Waals surface area contributed by atoms with E-state index in [0.717, 1.165) is 6.07 Å². The monoisotopic (exact) mass is 192 g/mol. The number of rotatable bonds is 2. The summed E-state index contributed by atoms with van der Waals surface area (Å²) in [4.78, 5) is 10.6. The van der Waals surface area contributed by atoms with Crippen LogP contribution in [0.25, 0.3) is 0 Å². The molecule has 0 fully saturated rings. The fraction of sp³-hybridized carbons (Fsp3) is 0.125. The smallest absolute Gasteiger partial charge is 0.288 e. The van der Waals surface area contributed by atoms with Crippen LogP contribution in [0.1, 0.15) is 10.4 Å². The Morgan fingerprint density at radius 3 is 2.31 bits per heavy atom. The predicted octanol–water partition coefficient (Wildman–Crippen LogP) is 2.41. The lowest BCUT2D eigenvalue weighted by molar-refractivity contribution is 0.0674. The van der Waals surface area contributed by atoms with Gasteiger partial charge in [0.1, 0.15) is 11.6 Å². The fourth-order valence-electron chi connectivity index (χ4n) is 0.807. The molecule has 1 aromatic carbocycles. The Hall–Kier alpha value is -1.39. The maximum Gasteiger partial charge on any atom is 0.300 e. The molecule has 0 saturated heterocycles. The van der Waals surface area contributed by atoms with Gasteiger partial charge < -0.3 is 0 Å². The Labute approximate surface area is 71.0 Å². The molecule has 70 valence electrons. The number of alkyl halides is 2. The number of Topliss-reactive ketones (excluding diaryl/α,β-unsaturated/α-hetero) is 1. The number of carbonyl (C=O) groups is 1. The van der Waals surface area contributed by atoms with E-state index in [-0.39, 0.29) is 0 Å².